The van der Waals surface area contributed by atoms with Crippen molar-refractivity contribution in [1.82, 2.24) is 13.9 Å². The fraction of sp³-hybridized carbons (Fsp3) is 0.214. The van der Waals surface area contributed by atoms with Gasteiger partial charge in [0.15, 0.2) is 0 Å². The van der Waals surface area contributed by atoms with Crippen molar-refractivity contribution in [3.8, 4) is 6.07 Å². The van der Waals surface area contributed by atoms with Crippen LogP contribution in [0.3, 0.4) is 0 Å². The third kappa shape index (κ3) is 3.60. The molecule has 3 aromatic carbocycles. The van der Waals surface area contributed by atoms with Crippen molar-refractivity contribution in [3.05, 3.63) is 94.4 Å². The Hall–Kier alpha value is -3.93. The zero-order valence-corrected chi connectivity index (χ0v) is 21.3. The molecular weight excluding hydrogens is 472 g/mol. The molecule has 0 fully saturated rings. The average molecular weight is 499 g/mol. The second-order valence-corrected chi connectivity index (χ2v) is 11.1. The lowest BCUT2D eigenvalue weighted by Gasteiger charge is -2.26. The van der Waals surface area contributed by atoms with Crippen LogP contribution in [-0.4, -0.2) is 27.5 Å². The SMILES string of the molecule is CCc1cc(C)c2c(ccn2S(=O)(=O)c2ccc(C)cc2)c1C(C)(O)c1nc2cc(C#N)ccc2[nH]1. The number of imidazole rings is 1. The van der Waals surface area contributed by atoms with Gasteiger partial charge in [0.25, 0.3) is 10.0 Å². The molecule has 2 heterocycles. The van der Waals surface area contributed by atoms with Crippen LogP contribution >= 0.6 is 0 Å². The molecule has 2 N–H and O–H groups in total. The molecule has 0 bridgehead atoms. The van der Waals surface area contributed by atoms with Gasteiger partial charge in [-0.3, -0.25) is 0 Å². The third-order valence-corrected chi connectivity index (χ3v) is 8.42. The molecule has 0 aliphatic rings. The van der Waals surface area contributed by atoms with Crippen molar-refractivity contribution in [2.45, 2.75) is 44.6 Å². The van der Waals surface area contributed by atoms with Crippen LogP contribution < -0.4 is 0 Å². The Morgan fingerprint density at radius 2 is 1.83 bits per heavy atom. The Labute approximate surface area is 209 Å². The summed E-state index contributed by atoms with van der Waals surface area (Å²) in [6, 6.07) is 17.7. The van der Waals surface area contributed by atoms with E-state index in [9.17, 15) is 18.8 Å². The molecule has 1 atom stereocenters. The monoisotopic (exact) mass is 498 g/mol. The number of fused-ring (bicyclic) bond motifs is 2. The van der Waals surface area contributed by atoms with Gasteiger partial charge in [0.05, 0.1) is 33.1 Å². The van der Waals surface area contributed by atoms with Gasteiger partial charge in [-0.1, -0.05) is 30.7 Å². The van der Waals surface area contributed by atoms with E-state index in [1.54, 1.807) is 61.7 Å². The number of nitrogens with zero attached hydrogens (tertiary/aromatic N) is 3. The molecule has 0 radical (unpaired) electrons. The number of aromatic amines is 1. The van der Waals surface area contributed by atoms with E-state index >= 15 is 0 Å². The lowest BCUT2D eigenvalue weighted by molar-refractivity contribution is 0.0942. The van der Waals surface area contributed by atoms with Gasteiger partial charge in [0.2, 0.25) is 0 Å². The number of H-pyrrole nitrogens is 1. The highest BCUT2D eigenvalue weighted by Crippen LogP contribution is 2.39. The van der Waals surface area contributed by atoms with Gasteiger partial charge in [0, 0.05) is 17.1 Å². The van der Waals surface area contributed by atoms with Gasteiger partial charge in [0.1, 0.15) is 11.4 Å². The summed E-state index contributed by atoms with van der Waals surface area (Å²) in [4.78, 5) is 7.99. The fourth-order valence-corrected chi connectivity index (χ4v) is 6.29. The van der Waals surface area contributed by atoms with Gasteiger partial charge in [-0.25, -0.2) is 17.4 Å². The van der Waals surface area contributed by atoms with Crippen LogP contribution in [0, 0.1) is 25.2 Å². The maximum atomic E-state index is 13.6. The van der Waals surface area contributed by atoms with Crippen LogP contribution in [0.4, 0.5) is 0 Å². The highest BCUT2D eigenvalue weighted by Gasteiger charge is 2.35. The van der Waals surface area contributed by atoms with E-state index in [2.05, 4.69) is 16.0 Å². The normalized spacial score (nSPS) is 13.7. The minimum Gasteiger partial charge on any atom is -0.377 e. The number of hydrogen-bond acceptors (Lipinski definition) is 5. The van der Waals surface area contributed by atoms with E-state index < -0.39 is 15.6 Å². The van der Waals surface area contributed by atoms with Crippen LogP contribution in [0.2, 0.25) is 0 Å². The van der Waals surface area contributed by atoms with E-state index in [4.69, 9.17) is 0 Å². The van der Waals surface area contributed by atoms with E-state index in [-0.39, 0.29) is 4.90 Å². The van der Waals surface area contributed by atoms with E-state index in [1.807, 2.05) is 26.8 Å². The maximum Gasteiger partial charge on any atom is 0.268 e. The summed E-state index contributed by atoms with van der Waals surface area (Å²) < 4.78 is 28.5. The quantitative estimate of drug-likeness (QED) is 0.352. The van der Waals surface area contributed by atoms with Crippen molar-refractivity contribution in [2.24, 2.45) is 0 Å². The molecule has 7 nitrogen and oxygen atoms in total. The second-order valence-electron chi connectivity index (χ2n) is 9.27. The summed E-state index contributed by atoms with van der Waals surface area (Å²) in [7, 11) is -3.86. The van der Waals surface area contributed by atoms with Gasteiger partial charge in [-0.15, -0.1) is 0 Å². The summed E-state index contributed by atoms with van der Waals surface area (Å²) in [5, 5.41) is 21.8. The van der Waals surface area contributed by atoms with Gasteiger partial charge in [-0.2, -0.15) is 5.26 Å². The first-order chi connectivity index (χ1) is 17.1. The molecule has 0 aliphatic carbocycles. The van der Waals surface area contributed by atoms with Crippen LogP contribution in [0.25, 0.3) is 21.9 Å². The molecule has 0 saturated heterocycles. The van der Waals surface area contributed by atoms with E-state index in [0.717, 1.165) is 16.7 Å². The number of aliphatic hydroxyl groups is 1. The zero-order chi connectivity index (χ0) is 25.8. The maximum absolute atomic E-state index is 13.6. The molecule has 2 aromatic heterocycles. The van der Waals surface area contributed by atoms with Crippen molar-refractivity contribution in [2.75, 3.05) is 0 Å². The molecule has 0 spiro atoms. The number of hydrogen-bond donors (Lipinski definition) is 2. The molecular formula is C28H26N4O3S. The van der Waals surface area contributed by atoms with Gasteiger partial charge in [-0.05, 0) is 74.7 Å². The fourth-order valence-electron chi connectivity index (χ4n) is 4.88. The predicted octanol–water partition coefficient (Wildman–Crippen LogP) is 5.06. The van der Waals surface area contributed by atoms with Crippen molar-refractivity contribution < 1.29 is 13.5 Å². The van der Waals surface area contributed by atoms with Crippen LogP contribution in [0.5, 0.6) is 0 Å². The number of rotatable bonds is 5. The Bertz CT molecular complexity index is 1790. The summed E-state index contributed by atoms with van der Waals surface area (Å²) >= 11 is 0. The van der Waals surface area contributed by atoms with Crippen LogP contribution in [0.15, 0.2) is 65.7 Å². The predicted molar refractivity (Wildman–Crippen MR) is 139 cm³/mol. The van der Waals surface area contributed by atoms with E-state index in [1.165, 1.54) is 3.97 Å². The zero-order valence-electron chi connectivity index (χ0n) is 20.5. The molecule has 5 rings (SSSR count). The second kappa shape index (κ2) is 8.33. The number of benzene rings is 3. The molecule has 36 heavy (non-hydrogen) atoms. The minimum absolute atomic E-state index is 0.198. The smallest absolute Gasteiger partial charge is 0.268 e. The summed E-state index contributed by atoms with van der Waals surface area (Å²) in [6.07, 6.45) is 2.18. The Balaban J connectivity index is 1.75. The topological polar surface area (TPSA) is 112 Å². The Morgan fingerprint density at radius 3 is 2.50 bits per heavy atom. The van der Waals surface area contributed by atoms with Crippen LogP contribution in [0.1, 0.15) is 47.5 Å². The number of aromatic nitrogens is 3. The Morgan fingerprint density at radius 1 is 1.11 bits per heavy atom. The number of aryl methyl sites for hydroxylation is 3. The molecule has 182 valence electrons. The highest BCUT2D eigenvalue weighted by atomic mass is 32.2. The Kier molecular flexibility index (Phi) is 5.51. The first-order valence-corrected chi connectivity index (χ1v) is 13.1. The molecule has 0 saturated carbocycles. The van der Waals surface area contributed by atoms with Crippen molar-refractivity contribution in [1.29, 1.82) is 5.26 Å². The molecule has 8 heteroatoms. The summed E-state index contributed by atoms with van der Waals surface area (Å²) in [5.41, 5.74) is 3.98. The molecule has 0 aliphatic heterocycles. The lowest BCUT2D eigenvalue weighted by Crippen LogP contribution is -2.27. The van der Waals surface area contributed by atoms with E-state index in [0.29, 0.717) is 45.3 Å². The van der Waals surface area contributed by atoms with Gasteiger partial charge >= 0.3 is 0 Å². The lowest BCUT2D eigenvalue weighted by atomic mass is 9.85. The van der Waals surface area contributed by atoms with Crippen LogP contribution in [-0.2, 0) is 22.0 Å². The number of nitrogens with one attached hydrogen (secondary N) is 1. The first-order valence-electron chi connectivity index (χ1n) is 11.7. The van der Waals surface area contributed by atoms with Gasteiger partial charge < -0.3 is 10.1 Å². The molecule has 1 unspecified atom stereocenters. The third-order valence-electron chi connectivity index (χ3n) is 6.73. The summed E-state index contributed by atoms with van der Waals surface area (Å²) in [5.74, 6) is 0.321. The largest absolute Gasteiger partial charge is 0.377 e. The summed E-state index contributed by atoms with van der Waals surface area (Å²) in [6.45, 7) is 7.44. The van der Waals surface area contributed by atoms with Crippen molar-refractivity contribution >= 4 is 32.0 Å². The number of nitriles is 1. The average Bonchev–Trinajstić information content (AvgIpc) is 3.49. The molecule has 5 aromatic rings. The first kappa shape index (κ1) is 23.8. The minimum atomic E-state index is -3.86. The highest BCUT2D eigenvalue weighted by molar-refractivity contribution is 7.90. The van der Waals surface area contributed by atoms with Crippen molar-refractivity contribution in [3.63, 3.8) is 0 Å². The molecule has 0 amide bonds. The standard InChI is InChI=1S/C28H26N4O3S/c1-5-20-14-18(3)26-22(12-13-32(26)36(34,35)21-9-6-17(2)7-10-21)25(20)28(4,33)27-30-23-11-8-19(16-29)15-24(23)31-27/h6-15,33H,5H2,1-4H3,(H,30,31).